The first-order valence-corrected chi connectivity index (χ1v) is 9.43. The topological polar surface area (TPSA) is 68.2 Å². The van der Waals surface area contributed by atoms with Crippen LogP contribution in [-0.2, 0) is 13.1 Å². The van der Waals surface area contributed by atoms with Crippen LogP contribution in [0.2, 0.25) is 0 Å². The van der Waals surface area contributed by atoms with Gasteiger partial charge in [-0.1, -0.05) is 42.0 Å². The van der Waals surface area contributed by atoms with Crippen molar-refractivity contribution in [2.75, 3.05) is 13.1 Å². The lowest BCUT2D eigenvalue weighted by atomic mass is 10.0. The van der Waals surface area contributed by atoms with Crippen LogP contribution >= 0.6 is 0 Å². The van der Waals surface area contributed by atoms with Gasteiger partial charge in [-0.05, 0) is 43.0 Å². The van der Waals surface area contributed by atoms with Crippen molar-refractivity contribution < 1.29 is 4.79 Å². The number of carbonyl (C=O) groups is 1. The van der Waals surface area contributed by atoms with E-state index in [-0.39, 0.29) is 12.1 Å². The zero-order chi connectivity index (χ0) is 19.1. The molecular formula is C22H26N4O. The van der Waals surface area contributed by atoms with Gasteiger partial charge >= 0.3 is 6.03 Å². The third kappa shape index (κ3) is 5.83. The van der Waals surface area contributed by atoms with Crippen LogP contribution in [-0.4, -0.2) is 30.1 Å². The predicted octanol–water partition coefficient (Wildman–Crippen LogP) is 3.33. The molecule has 0 aromatic heterocycles. The lowest BCUT2D eigenvalue weighted by Gasteiger charge is -2.32. The van der Waals surface area contributed by atoms with E-state index in [1.54, 1.807) is 12.1 Å². The van der Waals surface area contributed by atoms with Crippen molar-refractivity contribution in [2.24, 2.45) is 0 Å². The van der Waals surface area contributed by atoms with Crippen LogP contribution in [0.3, 0.4) is 0 Å². The second-order valence-electron chi connectivity index (χ2n) is 7.18. The molecule has 140 valence electrons. The summed E-state index contributed by atoms with van der Waals surface area (Å²) in [5.41, 5.74) is 4.17. The molecule has 2 amide bonds. The number of benzene rings is 2. The first-order chi connectivity index (χ1) is 13.1. The highest BCUT2D eigenvalue weighted by atomic mass is 16.2. The summed E-state index contributed by atoms with van der Waals surface area (Å²) in [6.07, 6.45) is 1.92. The first kappa shape index (κ1) is 18.9. The maximum atomic E-state index is 12.1. The highest BCUT2D eigenvalue weighted by Crippen LogP contribution is 2.14. The average Bonchev–Trinajstić information content (AvgIpc) is 2.68. The number of likely N-dealkylation sites (tertiary alicyclic amines) is 1. The number of carbonyl (C=O) groups excluding carboxylic acids is 1. The Morgan fingerprint density at radius 3 is 2.63 bits per heavy atom. The highest BCUT2D eigenvalue weighted by Gasteiger charge is 2.20. The lowest BCUT2D eigenvalue weighted by Crippen LogP contribution is -2.47. The maximum Gasteiger partial charge on any atom is 0.315 e. The van der Waals surface area contributed by atoms with E-state index in [1.807, 2.05) is 12.1 Å². The number of nitrogens with zero attached hydrogens (tertiary/aromatic N) is 2. The molecule has 0 unspecified atom stereocenters. The molecule has 1 aliphatic rings. The van der Waals surface area contributed by atoms with Crippen LogP contribution in [0.5, 0.6) is 0 Å². The molecule has 2 N–H and O–H groups in total. The van der Waals surface area contributed by atoms with Crippen molar-refractivity contribution >= 4 is 6.03 Å². The molecule has 5 heteroatoms. The van der Waals surface area contributed by atoms with Gasteiger partial charge < -0.3 is 10.6 Å². The molecule has 1 heterocycles. The molecule has 1 aliphatic heterocycles. The van der Waals surface area contributed by atoms with Gasteiger partial charge in [-0.2, -0.15) is 5.26 Å². The number of rotatable bonds is 5. The number of urea groups is 1. The molecule has 3 rings (SSSR count). The van der Waals surface area contributed by atoms with E-state index in [0.717, 1.165) is 38.0 Å². The monoisotopic (exact) mass is 362 g/mol. The molecule has 0 radical (unpaired) electrons. The summed E-state index contributed by atoms with van der Waals surface area (Å²) in [6, 6.07) is 18.1. The normalized spacial score (nSPS) is 15.1. The fourth-order valence-electron chi connectivity index (χ4n) is 3.47. The van der Waals surface area contributed by atoms with Crippen molar-refractivity contribution in [3.63, 3.8) is 0 Å². The van der Waals surface area contributed by atoms with Crippen LogP contribution in [0, 0.1) is 18.3 Å². The summed E-state index contributed by atoms with van der Waals surface area (Å²) < 4.78 is 0. The smallest absolute Gasteiger partial charge is 0.315 e. The van der Waals surface area contributed by atoms with Gasteiger partial charge in [-0.15, -0.1) is 0 Å². The second-order valence-corrected chi connectivity index (χ2v) is 7.18. The lowest BCUT2D eigenvalue weighted by molar-refractivity contribution is 0.186. The van der Waals surface area contributed by atoms with E-state index in [0.29, 0.717) is 12.1 Å². The maximum absolute atomic E-state index is 12.1. The van der Waals surface area contributed by atoms with Gasteiger partial charge in [0.15, 0.2) is 0 Å². The van der Waals surface area contributed by atoms with Crippen LogP contribution in [0.15, 0.2) is 48.5 Å². The van der Waals surface area contributed by atoms with Crippen molar-refractivity contribution in [3.8, 4) is 6.07 Å². The number of amides is 2. The minimum Gasteiger partial charge on any atom is -0.335 e. The van der Waals surface area contributed by atoms with Gasteiger partial charge in [0.1, 0.15) is 0 Å². The summed E-state index contributed by atoms with van der Waals surface area (Å²) in [5.74, 6) is 0. The Morgan fingerprint density at radius 2 is 1.89 bits per heavy atom. The molecule has 2 aromatic rings. The Hall–Kier alpha value is -2.84. The van der Waals surface area contributed by atoms with E-state index >= 15 is 0 Å². The fourth-order valence-corrected chi connectivity index (χ4v) is 3.47. The van der Waals surface area contributed by atoms with Crippen molar-refractivity contribution in [3.05, 3.63) is 70.8 Å². The van der Waals surface area contributed by atoms with Crippen molar-refractivity contribution in [2.45, 2.75) is 38.9 Å². The van der Waals surface area contributed by atoms with E-state index in [2.05, 4.69) is 52.8 Å². The predicted molar refractivity (Wildman–Crippen MR) is 106 cm³/mol. The third-order valence-electron chi connectivity index (χ3n) is 4.92. The Bertz CT molecular complexity index is 819. The number of hydrogen-bond acceptors (Lipinski definition) is 3. The molecule has 0 atom stereocenters. The molecule has 1 saturated heterocycles. The molecule has 5 nitrogen and oxygen atoms in total. The number of piperidine rings is 1. The van der Waals surface area contributed by atoms with Crippen LogP contribution < -0.4 is 10.6 Å². The Balaban J connectivity index is 1.39. The van der Waals surface area contributed by atoms with E-state index in [9.17, 15) is 4.79 Å². The third-order valence-corrected chi connectivity index (χ3v) is 4.92. The van der Waals surface area contributed by atoms with Gasteiger partial charge in [0, 0.05) is 32.2 Å². The zero-order valence-electron chi connectivity index (χ0n) is 15.7. The Morgan fingerprint density at radius 1 is 1.15 bits per heavy atom. The summed E-state index contributed by atoms with van der Waals surface area (Å²) in [5, 5.41) is 14.9. The van der Waals surface area contributed by atoms with Gasteiger partial charge in [0.2, 0.25) is 0 Å². The molecule has 0 aliphatic carbocycles. The summed E-state index contributed by atoms with van der Waals surface area (Å²) >= 11 is 0. The average molecular weight is 362 g/mol. The molecule has 0 spiro atoms. The molecular weight excluding hydrogens is 336 g/mol. The van der Waals surface area contributed by atoms with Crippen molar-refractivity contribution in [1.82, 2.24) is 15.5 Å². The zero-order valence-corrected chi connectivity index (χ0v) is 15.7. The second kappa shape index (κ2) is 9.20. The van der Waals surface area contributed by atoms with Gasteiger partial charge in [0.25, 0.3) is 0 Å². The SMILES string of the molecule is Cc1cccc(CN2CCC(NC(=O)NCc3cccc(C#N)c3)CC2)c1. The van der Waals surface area contributed by atoms with Crippen LogP contribution in [0.1, 0.15) is 35.1 Å². The van der Waals surface area contributed by atoms with Gasteiger partial charge in [0.05, 0.1) is 11.6 Å². The minimum atomic E-state index is -0.144. The van der Waals surface area contributed by atoms with E-state index < -0.39 is 0 Å². The van der Waals surface area contributed by atoms with Crippen LogP contribution in [0.25, 0.3) is 0 Å². The number of nitriles is 1. The largest absolute Gasteiger partial charge is 0.335 e. The number of nitrogens with one attached hydrogen (secondary N) is 2. The van der Waals surface area contributed by atoms with Crippen molar-refractivity contribution in [1.29, 1.82) is 5.26 Å². The van der Waals surface area contributed by atoms with Gasteiger partial charge in [-0.3, -0.25) is 4.90 Å². The summed E-state index contributed by atoms with van der Waals surface area (Å²) in [4.78, 5) is 14.6. The Labute approximate surface area is 161 Å². The molecule has 2 aromatic carbocycles. The molecule has 1 fully saturated rings. The Kier molecular flexibility index (Phi) is 6.45. The first-order valence-electron chi connectivity index (χ1n) is 9.43. The van der Waals surface area contributed by atoms with Gasteiger partial charge in [-0.25, -0.2) is 4.79 Å². The van der Waals surface area contributed by atoms with E-state index in [4.69, 9.17) is 5.26 Å². The van der Waals surface area contributed by atoms with E-state index in [1.165, 1.54) is 11.1 Å². The molecule has 0 saturated carbocycles. The number of aryl methyl sites for hydroxylation is 1. The quantitative estimate of drug-likeness (QED) is 0.857. The highest BCUT2D eigenvalue weighted by molar-refractivity contribution is 5.74. The summed E-state index contributed by atoms with van der Waals surface area (Å²) in [7, 11) is 0. The minimum absolute atomic E-state index is 0.144. The molecule has 0 bridgehead atoms. The number of hydrogen-bond donors (Lipinski definition) is 2. The molecule has 27 heavy (non-hydrogen) atoms. The van der Waals surface area contributed by atoms with Crippen LogP contribution in [0.4, 0.5) is 4.79 Å². The fraction of sp³-hybridized carbons (Fsp3) is 0.364. The summed E-state index contributed by atoms with van der Waals surface area (Å²) in [6.45, 7) is 5.49. The standard InChI is InChI=1S/C22H26N4O/c1-17-4-2-7-20(12-17)16-26-10-8-21(9-11-26)25-22(27)24-15-19-6-3-5-18(13-19)14-23/h2-7,12-13,21H,8-11,15-16H2,1H3,(H2,24,25,27).